The maximum Gasteiger partial charge on any atom is 0.344 e. The van der Waals surface area contributed by atoms with Gasteiger partial charge in [-0.25, -0.2) is 9.59 Å². The van der Waals surface area contributed by atoms with Crippen molar-refractivity contribution in [2.45, 2.75) is 90.9 Å². The van der Waals surface area contributed by atoms with E-state index >= 15 is 0 Å². The first kappa shape index (κ1) is 28.9. The molecule has 8 nitrogen and oxygen atoms in total. The average Bonchev–Trinajstić information content (AvgIpc) is 3.37. The van der Waals surface area contributed by atoms with Gasteiger partial charge in [-0.3, -0.25) is 4.79 Å². The SMILES string of the molecule is COCCCOc1cc2c(cc1C(=O)OC1CCCC1)-c1cc(=O)c(C(=O)OC(C)(C)C)cn1C(C(C)C)C2. The van der Waals surface area contributed by atoms with Crippen molar-refractivity contribution in [2.75, 3.05) is 20.3 Å². The summed E-state index contributed by atoms with van der Waals surface area (Å²) in [6.07, 6.45) is 6.70. The number of benzene rings is 1. The van der Waals surface area contributed by atoms with Crippen molar-refractivity contribution in [1.29, 1.82) is 0 Å². The van der Waals surface area contributed by atoms with Gasteiger partial charge in [0.05, 0.1) is 12.3 Å². The molecule has 1 aliphatic heterocycles. The summed E-state index contributed by atoms with van der Waals surface area (Å²) in [5, 5.41) is 0. The van der Waals surface area contributed by atoms with Crippen LogP contribution < -0.4 is 10.2 Å². The highest BCUT2D eigenvalue weighted by Crippen LogP contribution is 2.41. The topological polar surface area (TPSA) is 93.1 Å². The summed E-state index contributed by atoms with van der Waals surface area (Å²) >= 11 is 0. The molecule has 1 aliphatic carbocycles. The first-order chi connectivity index (χ1) is 18.5. The normalized spacial score (nSPS) is 17.1. The molecule has 8 heteroatoms. The Kier molecular flexibility index (Phi) is 8.84. The van der Waals surface area contributed by atoms with Gasteiger partial charge in [-0.2, -0.15) is 0 Å². The van der Waals surface area contributed by atoms with E-state index < -0.39 is 23.0 Å². The molecule has 1 unspecified atom stereocenters. The minimum atomic E-state index is -0.720. The minimum Gasteiger partial charge on any atom is -0.493 e. The van der Waals surface area contributed by atoms with Crippen molar-refractivity contribution in [3.8, 4) is 17.0 Å². The Balaban J connectivity index is 1.79. The van der Waals surface area contributed by atoms with E-state index in [0.717, 1.165) is 36.8 Å². The maximum atomic E-state index is 13.4. The number of esters is 2. The van der Waals surface area contributed by atoms with Gasteiger partial charge in [0, 0.05) is 44.0 Å². The number of methoxy groups -OCH3 is 1. The molecule has 1 atom stereocenters. The molecule has 0 bridgehead atoms. The van der Waals surface area contributed by atoms with Crippen molar-refractivity contribution >= 4 is 11.9 Å². The number of fused-ring (bicyclic) bond motifs is 3. The summed E-state index contributed by atoms with van der Waals surface area (Å²) in [5.74, 6) is -0.367. The highest BCUT2D eigenvalue weighted by Gasteiger charge is 2.32. The summed E-state index contributed by atoms with van der Waals surface area (Å²) in [6, 6.07) is 5.18. The van der Waals surface area contributed by atoms with Crippen molar-refractivity contribution in [3.05, 3.63) is 51.3 Å². The summed E-state index contributed by atoms with van der Waals surface area (Å²) in [5.41, 5.74) is 1.62. The van der Waals surface area contributed by atoms with E-state index in [4.69, 9.17) is 18.9 Å². The zero-order valence-electron chi connectivity index (χ0n) is 24.0. The number of ether oxygens (including phenoxy) is 4. The number of pyridine rings is 1. The van der Waals surface area contributed by atoms with Crippen molar-refractivity contribution in [2.24, 2.45) is 5.92 Å². The second-order valence-electron chi connectivity index (χ2n) is 11.9. The molecular weight excluding hydrogens is 498 g/mol. The molecule has 0 N–H and O–H groups in total. The number of nitrogens with zero attached hydrogens (tertiary/aromatic N) is 1. The van der Waals surface area contributed by atoms with Gasteiger partial charge in [-0.05, 0) is 76.5 Å². The Labute approximate surface area is 230 Å². The van der Waals surface area contributed by atoms with Crippen LogP contribution in [0, 0.1) is 5.92 Å². The number of hydrogen-bond donors (Lipinski definition) is 0. The number of aromatic nitrogens is 1. The van der Waals surface area contributed by atoms with Crippen LogP contribution in [-0.2, 0) is 20.6 Å². The highest BCUT2D eigenvalue weighted by atomic mass is 16.6. The number of hydrogen-bond acceptors (Lipinski definition) is 7. The molecule has 0 amide bonds. The Morgan fingerprint density at radius 2 is 1.74 bits per heavy atom. The van der Waals surface area contributed by atoms with Gasteiger partial charge in [-0.1, -0.05) is 13.8 Å². The van der Waals surface area contributed by atoms with Gasteiger partial charge < -0.3 is 23.5 Å². The molecule has 0 spiro atoms. The fraction of sp³-hybridized carbons (Fsp3) is 0.581. The Bertz CT molecular complexity index is 1260. The first-order valence-electron chi connectivity index (χ1n) is 14.0. The maximum absolute atomic E-state index is 13.4. The molecule has 0 radical (unpaired) electrons. The molecule has 39 heavy (non-hydrogen) atoms. The van der Waals surface area contributed by atoms with Gasteiger partial charge in [0.25, 0.3) is 0 Å². The fourth-order valence-electron chi connectivity index (χ4n) is 5.32. The molecule has 1 fully saturated rings. The Hall–Kier alpha value is -3.13. The molecule has 2 aliphatic rings. The third-order valence-electron chi connectivity index (χ3n) is 7.28. The van der Waals surface area contributed by atoms with E-state index in [9.17, 15) is 14.4 Å². The van der Waals surface area contributed by atoms with Gasteiger partial charge in [0.15, 0.2) is 5.43 Å². The lowest BCUT2D eigenvalue weighted by molar-refractivity contribution is 0.00663. The van der Waals surface area contributed by atoms with Gasteiger partial charge in [0.1, 0.15) is 28.6 Å². The molecular formula is C31H41NO7. The van der Waals surface area contributed by atoms with Crippen LogP contribution in [0.4, 0.5) is 0 Å². The van der Waals surface area contributed by atoms with Gasteiger partial charge in [0.2, 0.25) is 0 Å². The van der Waals surface area contributed by atoms with E-state index in [1.165, 1.54) is 6.07 Å². The fourth-order valence-corrected chi connectivity index (χ4v) is 5.32. The van der Waals surface area contributed by atoms with Crippen LogP contribution in [0.1, 0.15) is 99.0 Å². The van der Waals surface area contributed by atoms with Crippen molar-refractivity contribution < 1.29 is 28.5 Å². The summed E-state index contributed by atoms with van der Waals surface area (Å²) in [7, 11) is 1.64. The van der Waals surface area contributed by atoms with Crippen LogP contribution in [0.2, 0.25) is 0 Å². The molecule has 1 saturated carbocycles. The van der Waals surface area contributed by atoms with Crippen molar-refractivity contribution in [3.63, 3.8) is 0 Å². The summed E-state index contributed by atoms with van der Waals surface area (Å²) in [6.45, 7) is 10.5. The lowest BCUT2D eigenvalue weighted by Gasteiger charge is -2.34. The number of carbonyl (C=O) groups excluding carboxylic acids is 2. The summed E-state index contributed by atoms with van der Waals surface area (Å²) < 4.78 is 24.6. The van der Waals surface area contributed by atoms with E-state index in [1.54, 1.807) is 40.1 Å². The lowest BCUT2D eigenvalue weighted by Crippen LogP contribution is -2.31. The first-order valence-corrected chi connectivity index (χ1v) is 14.0. The van der Waals surface area contributed by atoms with Crippen LogP contribution in [0.3, 0.4) is 0 Å². The van der Waals surface area contributed by atoms with Crippen LogP contribution >= 0.6 is 0 Å². The predicted octanol–water partition coefficient (Wildman–Crippen LogP) is 5.74. The molecule has 4 rings (SSSR count). The third kappa shape index (κ3) is 6.72. The Morgan fingerprint density at radius 3 is 2.38 bits per heavy atom. The van der Waals surface area contributed by atoms with Gasteiger partial charge in [-0.15, -0.1) is 0 Å². The molecule has 212 valence electrons. The molecule has 1 aromatic carbocycles. The monoisotopic (exact) mass is 539 g/mol. The van der Waals surface area contributed by atoms with E-state index in [0.29, 0.717) is 43.1 Å². The molecule has 2 aromatic rings. The number of carbonyl (C=O) groups is 2. The second-order valence-corrected chi connectivity index (χ2v) is 11.9. The van der Waals surface area contributed by atoms with Gasteiger partial charge >= 0.3 is 11.9 Å². The smallest absolute Gasteiger partial charge is 0.344 e. The average molecular weight is 540 g/mol. The van der Waals surface area contributed by atoms with Crippen molar-refractivity contribution in [1.82, 2.24) is 4.57 Å². The lowest BCUT2D eigenvalue weighted by atomic mass is 9.86. The Morgan fingerprint density at radius 1 is 1.03 bits per heavy atom. The summed E-state index contributed by atoms with van der Waals surface area (Å²) in [4.78, 5) is 39.4. The standard InChI is InChI=1S/C31H41NO7/c1-19(2)25-14-20-15-28(37-13-9-12-36-6)23(29(34)38-21-10-7-8-11-21)16-22(20)26-17-27(33)24(18-32(25)26)30(35)39-31(3,4)5/h15-19,21,25H,7-14H2,1-6H3. The van der Waals surface area contributed by atoms with E-state index in [2.05, 4.69) is 13.8 Å². The van der Waals surface area contributed by atoms with Crippen LogP contribution in [0.25, 0.3) is 11.3 Å². The molecule has 1 aromatic heterocycles. The van der Waals surface area contributed by atoms with E-state index in [1.807, 2.05) is 10.6 Å². The predicted molar refractivity (Wildman–Crippen MR) is 149 cm³/mol. The molecule has 0 saturated heterocycles. The van der Waals surface area contributed by atoms with Crippen LogP contribution in [0.5, 0.6) is 5.75 Å². The zero-order chi connectivity index (χ0) is 28.3. The largest absolute Gasteiger partial charge is 0.493 e. The zero-order valence-corrected chi connectivity index (χ0v) is 24.0. The quantitative estimate of drug-likeness (QED) is 0.296. The molecule has 2 heterocycles. The van der Waals surface area contributed by atoms with E-state index in [-0.39, 0.29) is 23.6 Å². The minimum absolute atomic E-state index is 0.00161. The highest BCUT2D eigenvalue weighted by molar-refractivity contribution is 5.95. The third-order valence-corrected chi connectivity index (χ3v) is 7.28. The number of rotatable bonds is 9. The van der Waals surface area contributed by atoms with Crippen LogP contribution in [-0.4, -0.2) is 48.5 Å². The second kappa shape index (κ2) is 11.9. The van der Waals surface area contributed by atoms with Crippen LogP contribution in [0.15, 0.2) is 29.2 Å².